The Hall–Kier alpha value is -1.90. The number of thiophene rings is 2. The molecule has 3 rings (SSSR count). The number of hydrogen-bond acceptors (Lipinski definition) is 7. The second-order valence-corrected chi connectivity index (χ2v) is 8.96. The zero-order valence-corrected chi connectivity index (χ0v) is 17.1. The highest BCUT2D eigenvalue weighted by molar-refractivity contribution is 7.99. The first kappa shape index (κ1) is 18.9. The summed E-state index contributed by atoms with van der Waals surface area (Å²) in [6.45, 7) is 8.94. The van der Waals surface area contributed by atoms with E-state index in [1.165, 1.54) is 16.6 Å². The van der Waals surface area contributed by atoms with Gasteiger partial charge in [-0.05, 0) is 30.9 Å². The molecule has 0 saturated carbocycles. The van der Waals surface area contributed by atoms with Gasteiger partial charge in [-0.2, -0.15) is 0 Å². The fourth-order valence-electron chi connectivity index (χ4n) is 2.54. The average Bonchev–Trinajstić information content (AvgIpc) is 3.21. The highest BCUT2D eigenvalue weighted by Gasteiger charge is 2.17. The van der Waals surface area contributed by atoms with Crippen LogP contribution in [-0.2, 0) is 11.3 Å². The molecule has 3 aromatic heterocycles. The monoisotopic (exact) mass is 404 g/mol. The third kappa shape index (κ3) is 4.08. The van der Waals surface area contributed by atoms with Crippen molar-refractivity contribution in [2.45, 2.75) is 25.5 Å². The largest absolute Gasteiger partial charge is 0.383 e. The molecule has 5 nitrogen and oxygen atoms in total. The Morgan fingerprint density at radius 2 is 2.23 bits per heavy atom. The summed E-state index contributed by atoms with van der Waals surface area (Å²) >= 11 is 4.57. The maximum Gasteiger partial charge on any atom is 0.233 e. The molecule has 8 heteroatoms. The molecule has 1 amide bonds. The number of nitrogens with two attached hydrogens (primary N) is 1. The number of amides is 1. The lowest BCUT2D eigenvalue weighted by Crippen LogP contribution is -2.31. The van der Waals surface area contributed by atoms with Gasteiger partial charge in [0, 0.05) is 16.3 Å². The Balaban J connectivity index is 1.71. The van der Waals surface area contributed by atoms with Gasteiger partial charge in [0.2, 0.25) is 5.91 Å². The lowest BCUT2D eigenvalue weighted by molar-refractivity contribution is -0.128. The van der Waals surface area contributed by atoms with Crippen molar-refractivity contribution in [1.29, 1.82) is 0 Å². The van der Waals surface area contributed by atoms with E-state index in [2.05, 4.69) is 23.5 Å². The van der Waals surface area contributed by atoms with Crippen molar-refractivity contribution in [3.05, 3.63) is 45.5 Å². The van der Waals surface area contributed by atoms with Gasteiger partial charge in [0.05, 0.1) is 17.7 Å². The standard InChI is InChI=1S/C18H20N4OS3/c1-4-7-22(9-13-6-5-8-24-13)14(23)10-25-18-20-16(19)15-11(2)12(3)26-17(15)21-18/h4-6,8H,1,7,9-10H2,2-3H3,(H2,19,20,21). The SMILES string of the molecule is C=CCN(Cc1cccs1)C(=O)CSc1nc(N)c2c(C)c(C)sc2n1. The molecule has 0 aliphatic rings. The smallest absolute Gasteiger partial charge is 0.233 e. The number of rotatable bonds is 7. The molecule has 0 bridgehead atoms. The van der Waals surface area contributed by atoms with Gasteiger partial charge < -0.3 is 10.6 Å². The van der Waals surface area contributed by atoms with Crippen LogP contribution in [0.3, 0.4) is 0 Å². The molecule has 2 N–H and O–H groups in total. The predicted octanol–water partition coefficient (Wildman–Crippen LogP) is 4.26. The van der Waals surface area contributed by atoms with Gasteiger partial charge in [0.25, 0.3) is 0 Å². The Kier molecular flexibility index (Phi) is 5.95. The number of anilines is 1. The van der Waals surface area contributed by atoms with Crippen LogP contribution in [0.1, 0.15) is 15.3 Å². The summed E-state index contributed by atoms with van der Waals surface area (Å²) in [6, 6.07) is 4.02. The Morgan fingerprint density at radius 1 is 1.42 bits per heavy atom. The van der Waals surface area contributed by atoms with Gasteiger partial charge in [-0.1, -0.05) is 23.9 Å². The van der Waals surface area contributed by atoms with Gasteiger partial charge in [0.15, 0.2) is 5.16 Å². The minimum atomic E-state index is 0.0316. The van der Waals surface area contributed by atoms with Crippen LogP contribution in [0.4, 0.5) is 5.82 Å². The van der Waals surface area contributed by atoms with E-state index in [1.807, 2.05) is 24.4 Å². The molecule has 0 fully saturated rings. The third-order valence-corrected chi connectivity index (χ3v) is 6.78. The van der Waals surface area contributed by atoms with Gasteiger partial charge in [0.1, 0.15) is 10.6 Å². The normalized spacial score (nSPS) is 11.0. The maximum absolute atomic E-state index is 12.6. The maximum atomic E-state index is 12.6. The van der Waals surface area contributed by atoms with Crippen LogP contribution < -0.4 is 5.73 Å². The summed E-state index contributed by atoms with van der Waals surface area (Å²) in [4.78, 5) is 26.6. The highest BCUT2D eigenvalue weighted by Crippen LogP contribution is 2.33. The summed E-state index contributed by atoms with van der Waals surface area (Å²) in [6.07, 6.45) is 1.74. The number of nitrogen functional groups attached to an aromatic ring is 1. The van der Waals surface area contributed by atoms with E-state index in [0.717, 1.165) is 20.7 Å². The number of fused-ring (bicyclic) bond motifs is 1. The molecular formula is C18H20N4OS3. The Bertz CT molecular complexity index is 934. The van der Waals surface area contributed by atoms with Gasteiger partial charge in [-0.25, -0.2) is 9.97 Å². The lowest BCUT2D eigenvalue weighted by atomic mass is 10.2. The van der Waals surface area contributed by atoms with Crippen LogP contribution in [0.25, 0.3) is 10.2 Å². The first-order chi connectivity index (χ1) is 12.5. The minimum Gasteiger partial charge on any atom is -0.383 e. The molecule has 0 radical (unpaired) electrons. The number of carbonyl (C=O) groups excluding carboxylic acids is 1. The Labute approximate surface area is 165 Å². The molecular weight excluding hydrogens is 384 g/mol. The number of hydrogen-bond donors (Lipinski definition) is 1. The van der Waals surface area contributed by atoms with Crippen LogP contribution >= 0.6 is 34.4 Å². The summed E-state index contributed by atoms with van der Waals surface area (Å²) in [5.41, 5.74) is 7.24. The van der Waals surface area contributed by atoms with Crippen molar-refractivity contribution >= 4 is 56.4 Å². The van der Waals surface area contributed by atoms with Crippen LogP contribution in [-0.4, -0.2) is 33.1 Å². The van der Waals surface area contributed by atoms with Crippen molar-refractivity contribution in [2.75, 3.05) is 18.0 Å². The van der Waals surface area contributed by atoms with Crippen molar-refractivity contribution in [3.8, 4) is 0 Å². The minimum absolute atomic E-state index is 0.0316. The molecule has 3 aromatic rings. The second-order valence-electron chi connectivity index (χ2n) is 5.79. The van der Waals surface area contributed by atoms with Gasteiger partial charge in [-0.15, -0.1) is 29.3 Å². The molecule has 136 valence electrons. The molecule has 0 atom stereocenters. The molecule has 0 unspecified atom stereocenters. The zero-order chi connectivity index (χ0) is 18.7. The molecule has 0 saturated heterocycles. The van der Waals surface area contributed by atoms with Crippen molar-refractivity contribution in [1.82, 2.24) is 14.9 Å². The van der Waals surface area contributed by atoms with Crippen molar-refractivity contribution in [3.63, 3.8) is 0 Å². The van der Waals surface area contributed by atoms with Crippen LogP contribution in [0.2, 0.25) is 0 Å². The first-order valence-corrected chi connectivity index (χ1v) is 10.7. The molecule has 3 heterocycles. The van der Waals surface area contributed by atoms with E-state index in [4.69, 9.17) is 5.73 Å². The number of thioether (sulfide) groups is 1. The third-order valence-electron chi connectivity index (χ3n) is 3.99. The first-order valence-electron chi connectivity index (χ1n) is 8.06. The van der Waals surface area contributed by atoms with E-state index < -0.39 is 0 Å². The van der Waals surface area contributed by atoms with E-state index in [-0.39, 0.29) is 11.7 Å². The van der Waals surface area contributed by atoms with Crippen molar-refractivity contribution < 1.29 is 4.79 Å². The molecule has 0 aliphatic carbocycles. The molecule has 26 heavy (non-hydrogen) atoms. The van der Waals surface area contributed by atoms with Crippen LogP contribution in [0, 0.1) is 13.8 Å². The Morgan fingerprint density at radius 3 is 2.92 bits per heavy atom. The van der Waals surface area contributed by atoms with E-state index in [1.54, 1.807) is 33.6 Å². The fraction of sp³-hybridized carbons (Fsp3) is 0.278. The lowest BCUT2D eigenvalue weighted by Gasteiger charge is -2.20. The van der Waals surface area contributed by atoms with Gasteiger partial charge in [-0.3, -0.25) is 4.79 Å². The average molecular weight is 405 g/mol. The topological polar surface area (TPSA) is 72.1 Å². The zero-order valence-electron chi connectivity index (χ0n) is 14.7. The van der Waals surface area contributed by atoms with Crippen LogP contribution in [0.15, 0.2) is 35.3 Å². The van der Waals surface area contributed by atoms with Gasteiger partial charge >= 0.3 is 0 Å². The number of aromatic nitrogens is 2. The summed E-state index contributed by atoms with van der Waals surface area (Å²) in [5, 5.41) is 3.48. The number of carbonyl (C=O) groups is 1. The quantitative estimate of drug-likeness (QED) is 0.362. The number of nitrogens with zero attached hydrogens (tertiary/aromatic N) is 3. The highest BCUT2D eigenvalue weighted by atomic mass is 32.2. The van der Waals surface area contributed by atoms with E-state index in [9.17, 15) is 4.79 Å². The summed E-state index contributed by atoms with van der Waals surface area (Å²) < 4.78 is 0. The summed E-state index contributed by atoms with van der Waals surface area (Å²) in [5.74, 6) is 0.783. The van der Waals surface area contributed by atoms with Crippen molar-refractivity contribution in [2.24, 2.45) is 0 Å². The van der Waals surface area contributed by atoms with E-state index >= 15 is 0 Å². The number of aryl methyl sites for hydroxylation is 2. The second kappa shape index (κ2) is 8.20. The molecule has 0 aromatic carbocycles. The van der Waals surface area contributed by atoms with Crippen LogP contribution in [0.5, 0.6) is 0 Å². The molecule has 0 spiro atoms. The van der Waals surface area contributed by atoms with E-state index in [0.29, 0.717) is 24.1 Å². The summed E-state index contributed by atoms with van der Waals surface area (Å²) in [7, 11) is 0. The molecule has 0 aliphatic heterocycles. The predicted molar refractivity (Wildman–Crippen MR) is 112 cm³/mol. The fourth-order valence-corrected chi connectivity index (χ4v) is 5.11.